The minimum Gasteiger partial charge on any atom is -0.311 e. The number of hydrogen-bond acceptors (Lipinski definition) is 3. The lowest BCUT2D eigenvalue weighted by Crippen LogP contribution is -2.52. The molecule has 0 aromatic carbocycles. The lowest BCUT2D eigenvalue weighted by Gasteiger charge is -2.40. The Hall–Kier alpha value is -0.120. The van der Waals surface area contributed by atoms with E-state index < -0.39 is 0 Å². The van der Waals surface area contributed by atoms with Gasteiger partial charge in [-0.3, -0.25) is 0 Å². The minimum absolute atomic E-state index is 0.697. The van der Waals surface area contributed by atoms with E-state index >= 15 is 0 Å². The van der Waals surface area contributed by atoms with Crippen molar-refractivity contribution in [3.63, 3.8) is 0 Å². The van der Waals surface area contributed by atoms with Crippen LogP contribution in [0.3, 0.4) is 0 Å². The molecule has 0 amide bonds. The van der Waals surface area contributed by atoms with Gasteiger partial charge in [0, 0.05) is 24.7 Å². The van der Waals surface area contributed by atoms with E-state index in [1.807, 2.05) is 0 Å². The van der Waals surface area contributed by atoms with Crippen LogP contribution in [0, 0.1) is 5.92 Å². The quantitative estimate of drug-likeness (QED) is 0.841. The molecular weight excluding hydrogens is 258 g/mol. The molecule has 4 unspecified atom stereocenters. The molecule has 3 fully saturated rings. The molecule has 3 aliphatic rings. The van der Waals surface area contributed by atoms with E-state index in [1.54, 1.807) is 0 Å². The fourth-order valence-corrected chi connectivity index (χ4v) is 4.90. The van der Waals surface area contributed by atoms with Gasteiger partial charge in [0.15, 0.2) is 0 Å². The summed E-state index contributed by atoms with van der Waals surface area (Å²) in [6, 6.07) is 2.37. The Balaban J connectivity index is 1.45. The molecule has 0 aliphatic carbocycles. The highest BCUT2D eigenvalue weighted by Crippen LogP contribution is 2.28. The fourth-order valence-electron chi connectivity index (χ4n) is 4.90. The number of nitrogens with zero attached hydrogens (tertiary/aromatic N) is 2. The highest BCUT2D eigenvalue weighted by Gasteiger charge is 2.33. The Morgan fingerprint density at radius 1 is 1.10 bits per heavy atom. The average molecular weight is 293 g/mol. The van der Waals surface area contributed by atoms with Crippen molar-refractivity contribution in [3.05, 3.63) is 0 Å². The maximum Gasteiger partial charge on any atom is 0.0111 e. The lowest BCUT2D eigenvalue weighted by molar-refractivity contribution is 0.124. The first-order chi connectivity index (χ1) is 10.3. The average Bonchev–Trinajstić information content (AvgIpc) is 2.95. The molecule has 0 radical (unpaired) electrons. The van der Waals surface area contributed by atoms with Gasteiger partial charge in [0.05, 0.1) is 0 Å². The molecule has 0 bridgehead atoms. The summed E-state index contributed by atoms with van der Waals surface area (Å²) in [4.78, 5) is 5.42. The van der Waals surface area contributed by atoms with Gasteiger partial charge in [0.25, 0.3) is 0 Å². The van der Waals surface area contributed by atoms with Crippen LogP contribution in [0.2, 0.25) is 0 Å². The van der Waals surface area contributed by atoms with Gasteiger partial charge in [0.1, 0.15) is 0 Å². The molecule has 4 atom stereocenters. The molecule has 0 aromatic rings. The van der Waals surface area contributed by atoms with Crippen LogP contribution in [0.4, 0.5) is 0 Å². The minimum atomic E-state index is 0.697. The number of nitrogens with one attached hydrogen (secondary N) is 1. The Kier molecular flexibility index (Phi) is 5.58. The third kappa shape index (κ3) is 4.00. The van der Waals surface area contributed by atoms with Crippen molar-refractivity contribution in [2.45, 2.75) is 76.9 Å². The summed E-state index contributed by atoms with van der Waals surface area (Å²) in [7, 11) is 0. The largest absolute Gasteiger partial charge is 0.311 e. The van der Waals surface area contributed by atoms with Crippen LogP contribution in [0.25, 0.3) is 0 Å². The zero-order chi connectivity index (χ0) is 14.7. The Labute approximate surface area is 131 Å². The summed E-state index contributed by atoms with van der Waals surface area (Å²) >= 11 is 0. The number of likely N-dealkylation sites (tertiary alicyclic amines) is 1. The van der Waals surface area contributed by atoms with Crippen molar-refractivity contribution in [2.24, 2.45) is 5.92 Å². The van der Waals surface area contributed by atoms with E-state index in [1.165, 1.54) is 77.7 Å². The van der Waals surface area contributed by atoms with Crippen LogP contribution in [-0.2, 0) is 0 Å². The smallest absolute Gasteiger partial charge is 0.0111 e. The van der Waals surface area contributed by atoms with E-state index in [2.05, 4.69) is 29.0 Å². The predicted molar refractivity (Wildman–Crippen MR) is 89.7 cm³/mol. The molecule has 3 saturated heterocycles. The molecule has 3 aliphatic heterocycles. The molecule has 3 nitrogen and oxygen atoms in total. The summed E-state index contributed by atoms with van der Waals surface area (Å²) in [5, 5.41) is 4.01. The molecule has 3 heterocycles. The standard InChI is InChI=1S/C18H35N3/c1-3-9-20-10-4-6-16(14-20)15(2)19-17-8-12-21-11-5-7-18(21)13-17/h15-19H,3-14H2,1-2H3. The number of hydrogen-bond donors (Lipinski definition) is 1. The van der Waals surface area contributed by atoms with Crippen LogP contribution in [-0.4, -0.2) is 60.6 Å². The maximum absolute atomic E-state index is 4.01. The Morgan fingerprint density at radius 2 is 1.95 bits per heavy atom. The predicted octanol–water partition coefficient (Wildman–Crippen LogP) is 2.71. The highest BCUT2D eigenvalue weighted by molar-refractivity contribution is 4.91. The van der Waals surface area contributed by atoms with E-state index in [0.29, 0.717) is 6.04 Å². The summed E-state index contributed by atoms with van der Waals surface area (Å²) in [6.07, 6.45) is 9.77. The molecule has 21 heavy (non-hydrogen) atoms. The van der Waals surface area contributed by atoms with Crippen LogP contribution >= 0.6 is 0 Å². The second-order valence-electron chi connectivity index (χ2n) is 7.71. The molecule has 3 rings (SSSR count). The SMILES string of the molecule is CCCN1CCCC(C(C)NC2CCN3CCCC3C2)C1. The van der Waals surface area contributed by atoms with E-state index in [0.717, 1.165) is 18.0 Å². The van der Waals surface area contributed by atoms with Crippen molar-refractivity contribution >= 4 is 0 Å². The van der Waals surface area contributed by atoms with Crippen molar-refractivity contribution in [2.75, 3.05) is 32.7 Å². The lowest BCUT2D eigenvalue weighted by atomic mass is 9.89. The highest BCUT2D eigenvalue weighted by atomic mass is 15.2. The molecule has 1 N–H and O–H groups in total. The van der Waals surface area contributed by atoms with Crippen LogP contribution in [0.5, 0.6) is 0 Å². The molecule has 0 aromatic heterocycles. The first-order valence-corrected chi connectivity index (χ1v) is 9.48. The van der Waals surface area contributed by atoms with Crippen molar-refractivity contribution in [1.29, 1.82) is 0 Å². The number of piperidine rings is 2. The fraction of sp³-hybridized carbons (Fsp3) is 1.00. The van der Waals surface area contributed by atoms with Crippen LogP contribution in [0.15, 0.2) is 0 Å². The van der Waals surface area contributed by atoms with Gasteiger partial charge in [-0.2, -0.15) is 0 Å². The molecular formula is C18H35N3. The zero-order valence-corrected chi connectivity index (χ0v) is 14.2. The summed E-state index contributed by atoms with van der Waals surface area (Å²) in [5.41, 5.74) is 0. The maximum atomic E-state index is 4.01. The Bertz CT molecular complexity index is 318. The third-order valence-electron chi connectivity index (χ3n) is 6.11. The molecule has 122 valence electrons. The summed E-state index contributed by atoms with van der Waals surface area (Å²) in [5.74, 6) is 0.868. The zero-order valence-electron chi connectivity index (χ0n) is 14.2. The van der Waals surface area contributed by atoms with Gasteiger partial charge >= 0.3 is 0 Å². The van der Waals surface area contributed by atoms with Crippen molar-refractivity contribution in [3.8, 4) is 0 Å². The monoisotopic (exact) mass is 293 g/mol. The van der Waals surface area contributed by atoms with Crippen LogP contribution in [0.1, 0.15) is 58.8 Å². The van der Waals surface area contributed by atoms with E-state index in [9.17, 15) is 0 Å². The molecule has 0 saturated carbocycles. The first kappa shape index (κ1) is 15.8. The van der Waals surface area contributed by atoms with Crippen LogP contribution < -0.4 is 5.32 Å². The third-order valence-corrected chi connectivity index (χ3v) is 6.11. The Morgan fingerprint density at radius 3 is 2.81 bits per heavy atom. The second kappa shape index (κ2) is 7.43. The first-order valence-electron chi connectivity index (χ1n) is 9.48. The van der Waals surface area contributed by atoms with Crippen molar-refractivity contribution in [1.82, 2.24) is 15.1 Å². The number of fused-ring (bicyclic) bond motifs is 1. The van der Waals surface area contributed by atoms with E-state index in [4.69, 9.17) is 0 Å². The van der Waals surface area contributed by atoms with Gasteiger partial charge in [-0.15, -0.1) is 0 Å². The molecule has 0 spiro atoms. The van der Waals surface area contributed by atoms with Gasteiger partial charge in [0.2, 0.25) is 0 Å². The molecule has 3 heteroatoms. The van der Waals surface area contributed by atoms with Crippen molar-refractivity contribution < 1.29 is 0 Å². The second-order valence-corrected chi connectivity index (χ2v) is 7.71. The topological polar surface area (TPSA) is 18.5 Å². The summed E-state index contributed by atoms with van der Waals surface area (Å²) in [6.45, 7) is 11.4. The normalized spacial score (nSPS) is 36.6. The number of rotatable bonds is 5. The van der Waals surface area contributed by atoms with E-state index in [-0.39, 0.29) is 0 Å². The van der Waals surface area contributed by atoms with Gasteiger partial charge in [-0.05, 0) is 84.0 Å². The van der Waals surface area contributed by atoms with Gasteiger partial charge in [-0.1, -0.05) is 6.92 Å². The van der Waals surface area contributed by atoms with Gasteiger partial charge < -0.3 is 15.1 Å². The van der Waals surface area contributed by atoms with Gasteiger partial charge in [-0.25, -0.2) is 0 Å². The summed E-state index contributed by atoms with van der Waals surface area (Å²) < 4.78 is 0.